The van der Waals surface area contributed by atoms with E-state index in [2.05, 4.69) is 20.9 Å². The van der Waals surface area contributed by atoms with Crippen LogP contribution in [0.5, 0.6) is 5.88 Å². The maximum Gasteiger partial charge on any atom is 0.213 e. The van der Waals surface area contributed by atoms with Crippen LogP contribution in [0.15, 0.2) is 47.1 Å². The van der Waals surface area contributed by atoms with Gasteiger partial charge in [0.25, 0.3) is 0 Å². The van der Waals surface area contributed by atoms with Crippen LogP contribution in [0.25, 0.3) is 0 Å². The number of hydrogen-bond acceptors (Lipinski definition) is 2. The minimum absolute atomic E-state index is 0.259. The Labute approximate surface area is 101 Å². The monoisotopic (exact) mass is 281 g/mol. The zero-order valence-electron chi connectivity index (χ0n) is 8.36. The lowest BCUT2D eigenvalue weighted by atomic mass is 10.2. The minimum atomic E-state index is -0.259. The Morgan fingerprint density at radius 2 is 2.12 bits per heavy atom. The van der Waals surface area contributed by atoms with E-state index in [1.54, 1.807) is 18.3 Å². The molecule has 0 atom stereocenters. The molecule has 0 bridgehead atoms. The molecular formula is C12H9BrFNO. The van der Waals surface area contributed by atoms with E-state index in [0.717, 1.165) is 10.0 Å². The largest absolute Gasteiger partial charge is 0.473 e. The number of benzene rings is 1. The SMILES string of the molecule is Fc1cccc(COc2ccc(Br)cn2)c1. The highest BCUT2D eigenvalue weighted by atomic mass is 79.9. The fraction of sp³-hybridized carbons (Fsp3) is 0.0833. The van der Waals surface area contributed by atoms with Crippen molar-refractivity contribution in [3.63, 3.8) is 0 Å². The van der Waals surface area contributed by atoms with E-state index in [1.165, 1.54) is 12.1 Å². The molecule has 2 nitrogen and oxygen atoms in total. The molecule has 0 unspecified atom stereocenters. The zero-order valence-corrected chi connectivity index (χ0v) is 9.95. The lowest BCUT2D eigenvalue weighted by Gasteiger charge is -2.05. The topological polar surface area (TPSA) is 22.1 Å². The highest BCUT2D eigenvalue weighted by Gasteiger charge is 1.98. The lowest BCUT2D eigenvalue weighted by molar-refractivity contribution is 0.293. The van der Waals surface area contributed by atoms with Crippen LogP contribution >= 0.6 is 15.9 Å². The van der Waals surface area contributed by atoms with Crippen LogP contribution < -0.4 is 4.74 Å². The number of halogens is 2. The van der Waals surface area contributed by atoms with Crippen molar-refractivity contribution in [3.05, 3.63) is 58.4 Å². The summed E-state index contributed by atoms with van der Waals surface area (Å²) >= 11 is 3.28. The van der Waals surface area contributed by atoms with E-state index >= 15 is 0 Å². The number of pyridine rings is 1. The van der Waals surface area contributed by atoms with Gasteiger partial charge in [-0.15, -0.1) is 0 Å². The van der Waals surface area contributed by atoms with Crippen molar-refractivity contribution in [2.45, 2.75) is 6.61 Å². The van der Waals surface area contributed by atoms with Crippen LogP contribution in [-0.4, -0.2) is 4.98 Å². The van der Waals surface area contributed by atoms with E-state index in [4.69, 9.17) is 4.74 Å². The first-order valence-corrected chi connectivity index (χ1v) is 5.52. The number of hydrogen-bond donors (Lipinski definition) is 0. The Hall–Kier alpha value is -1.42. The van der Waals surface area contributed by atoms with Gasteiger partial charge in [0, 0.05) is 16.7 Å². The summed E-state index contributed by atoms with van der Waals surface area (Å²) in [4.78, 5) is 4.05. The Bertz CT molecular complexity index is 473. The van der Waals surface area contributed by atoms with Crippen LogP contribution in [0, 0.1) is 5.82 Å². The molecule has 0 saturated heterocycles. The van der Waals surface area contributed by atoms with Gasteiger partial charge >= 0.3 is 0 Å². The minimum Gasteiger partial charge on any atom is -0.473 e. The predicted molar refractivity (Wildman–Crippen MR) is 62.7 cm³/mol. The van der Waals surface area contributed by atoms with Crippen LogP contribution in [0.3, 0.4) is 0 Å². The van der Waals surface area contributed by atoms with Crippen molar-refractivity contribution in [3.8, 4) is 5.88 Å². The van der Waals surface area contributed by atoms with Crippen LogP contribution in [0.1, 0.15) is 5.56 Å². The molecule has 0 aliphatic heterocycles. The Morgan fingerprint density at radius 1 is 1.25 bits per heavy atom. The summed E-state index contributed by atoms with van der Waals surface area (Å²) in [5, 5.41) is 0. The molecule has 0 aliphatic rings. The summed E-state index contributed by atoms with van der Waals surface area (Å²) in [6.07, 6.45) is 1.65. The van der Waals surface area contributed by atoms with Crippen molar-refractivity contribution in [2.75, 3.05) is 0 Å². The third-order valence-electron chi connectivity index (χ3n) is 1.98. The molecule has 16 heavy (non-hydrogen) atoms. The quantitative estimate of drug-likeness (QED) is 0.858. The summed E-state index contributed by atoms with van der Waals surface area (Å²) in [6, 6.07) is 9.91. The molecule has 0 aliphatic carbocycles. The highest BCUT2D eigenvalue weighted by molar-refractivity contribution is 9.10. The number of aromatic nitrogens is 1. The molecule has 82 valence electrons. The van der Waals surface area contributed by atoms with Gasteiger partial charge in [-0.25, -0.2) is 9.37 Å². The molecule has 0 radical (unpaired) electrons. The van der Waals surface area contributed by atoms with Gasteiger partial charge in [0.2, 0.25) is 5.88 Å². The smallest absolute Gasteiger partial charge is 0.213 e. The van der Waals surface area contributed by atoms with Gasteiger partial charge in [-0.1, -0.05) is 12.1 Å². The van der Waals surface area contributed by atoms with Crippen LogP contribution in [0.2, 0.25) is 0 Å². The molecular weight excluding hydrogens is 273 g/mol. The molecule has 0 N–H and O–H groups in total. The number of nitrogens with zero attached hydrogens (tertiary/aromatic N) is 1. The normalized spacial score (nSPS) is 10.1. The van der Waals surface area contributed by atoms with Gasteiger partial charge in [0.05, 0.1) is 0 Å². The fourth-order valence-corrected chi connectivity index (χ4v) is 1.47. The Balaban J connectivity index is 1.99. The second-order valence-corrected chi connectivity index (χ2v) is 4.15. The fourth-order valence-electron chi connectivity index (χ4n) is 1.23. The van der Waals surface area contributed by atoms with E-state index < -0.39 is 0 Å². The third kappa shape index (κ3) is 3.03. The van der Waals surface area contributed by atoms with Crippen molar-refractivity contribution in [1.82, 2.24) is 4.98 Å². The van der Waals surface area contributed by atoms with Gasteiger partial charge in [0.1, 0.15) is 12.4 Å². The highest BCUT2D eigenvalue weighted by Crippen LogP contribution is 2.14. The van der Waals surface area contributed by atoms with Gasteiger partial charge in [-0.05, 0) is 39.7 Å². The van der Waals surface area contributed by atoms with Crippen LogP contribution in [-0.2, 0) is 6.61 Å². The molecule has 0 saturated carbocycles. The molecule has 0 spiro atoms. The van der Waals surface area contributed by atoms with E-state index in [1.807, 2.05) is 12.1 Å². The zero-order chi connectivity index (χ0) is 11.4. The molecule has 2 rings (SSSR count). The Kier molecular flexibility index (Phi) is 3.51. The predicted octanol–water partition coefficient (Wildman–Crippen LogP) is 3.56. The molecule has 1 aromatic heterocycles. The summed E-state index contributed by atoms with van der Waals surface area (Å²) in [7, 11) is 0. The molecule has 1 aromatic carbocycles. The van der Waals surface area contributed by atoms with Crippen LogP contribution in [0.4, 0.5) is 4.39 Å². The van der Waals surface area contributed by atoms with Gasteiger partial charge < -0.3 is 4.74 Å². The molecule has 2 aromatic rings. The lowest BCUT2D eigenvalue weighted by Crippen LogP contribution is -1.97. The van der Waals surface area contributed by atoms with Crippen molar-refractivity contribution >= 4 is 15.9 Å². The third-order valence-corrected chi connectivity index (χ3v) is 2.45. The molecule has 4 heteroatoms. The first-order valence-electron chi connectivity index (χ1n) is 4.73. The van der Waals surface area contributed by atoms with Gasteiger partial charge in [0.15, 0.2) is 0 Å². The summed E-state index contributed by atoms with van der Waals surface area (Å²) in [5.74, 6) is 0.261. The first-order chi connectivity index (χ1) is 7.74. The standard InChI is InChI=1S/C12H9BrFNO/c13-10-4-5-12(15-7-10)16-8-9-2-1-3-11(14)6-9/h1-7H,8H2. The van der Waals surface area contributed by atoms with Crippen molar-refractivity contribution < 1.29 is 9.13 Å². The molecule has 0 fully saturated rings. The molecule has 1 heterocycles. The first kappa shape index (κ1) is 11.1. The molecule has 0 amide bonds. The maximum atomic E-state index is 12.9. The average molecular weight is 282 g/mol. The summed E-state index contributed by atoms with van der Waals surface area (Å²) < 4.78 is 19.2. The van der Waals surface area contributed by atoms with E-state index in [9.17, 15) is 4.39 Å². The van der Waals surface area contributed by atoms with E-state index in [0.29, 0.717) is 12.5 Å². The second-order valence-electron chi connectivity index (χ2n) is 3.23. The Morgan fingerprint density at radius 3 is 2.81 bits per heavy atom. The second kappa shape index (κ2) is 5.07. The van der Waals surface area contributed by atoms with E-state index in [-0.39, 0.29) is 5.82 Å². The van der Waals surface area contributed by atoms with Gasteiger partial charge in [-0.3, -0.25) is 0 Å². The van der Waals surface area contributed by atoms with Crippen molar-refractivity contribution in [2.24, 2.45) is 0 Å². The van der Waals surface area contributed by atoms with Gasteiger partial charge in [-0.2, -0.15) is 0 Å². The number of ether oxygens (including phenoxy) is 1. The summed E-state index contributed by atoms with van der Waals surface area (Å²) in [6.45, 7) is 0.312. The summed E-state index contributed by atoms with van der Waals surface area (Å²) in [5.41, 5.74) is 0.782. The average Bonchev–Trinajstić information content (AvgIpc) is 2.28. The van der Waals surface area contributed by atoms with Crippen molar-refractivity contribution in [1.29, 1.82) is 0 Å². The number of rotatable bonds is 3. The maximum absolute atomic E-state index is 12.9.